The standard InChI is InChI=1S/C18H20N2S/c1-14-7-2-3-8-15(14)13-19-12-6-11-18-20-16-9-4-5-10-17(16)21-18/h2-5,7-10,19H,6,11-13H2,1H3. The van der Waals surface area contributed by atoms with Crippen LogP contribution in [0.3, 0.4) is 0 Å². The molecule has 0 aliphatic heterocycles. The van der Waals surface area contributed by atoms with Crippen molar-refractivity contribution in [2.45, 2.75) is 26.3 Å². The second kappa shape index (κ2) is 6.83. The Morgan fingerprint density at radius 1 is 1.05 bits per heavy atom. The molecule has 3 heteroatoms. The first-order valence-electron chi connectivity index (χ1n) is 7.42. The zero-order valence-corrected chi connectivity index (χ0v) is 13.1. The normalized spacial score (nSPS) is 11.1. The van der Waals surface area contributed by atoms with E-state index in [4.69, 9.17) is 0 Å². The molecule has 0 atom stereocenters. The molecule has 0 amide bonds. The number of thiazole rings is 1. The van der Waals surface area contributed by atoms with Crippen molar-refractivity contribution in [1.29, 1.82) is 0 Å². The number of rotatable bonds is 6. The first-order chi connectivity index (χ1) is 10.3. The maximum atomic E-state index is 4.67. The van der Waals surface area contributed by atoms with Gasteiger partial charge in [-0.1, -0.05) is 36.4 Å². The van der Waals surface area contributed by atoms with Crippen LogP contribution in [0.15, 0.2) is 48.5 Å². The van der Waals surface area contributed by atoms with Gasteiger partial charge in [0.1, 0.15) is 0 Å². The van der Waals surface area contributed by atoms with Gasteiger partial charge in [-0.2, -0.15) is 0 Å². The first kappa shape index (κ1) is 14.2. The second-order valence-electron chi connectivity index (χ2n) is 5.28. The molecular weight excluding hydrogens is 276 g/mol. The summed E-state index contributed by atoms with van der Waals surface area (Å²) in [5.41, 5.74) is 3.87. The predicted octanol–water partition coefficient (Wildman–Crippen LogP) is 4.33. The summed E-state index contributed by atoms with van der Waals surface area (Å²) < 4.78 is 1.29. The van der Waals surface area contributed by atoms with Crippen LogP contribution in [0.25, 0.3) is 10.2 Å². The minimum atomic E-state index is 0.951. The van der Waals surface area contributed by atoms with Gasteiger partial charge in [0.05, 0.1) is 15.2 Å². The van der Waals surface area contributed by atoms with E-state index in [-0.39, 0.29) is 0 Å². The van der Waals surface area contributed by atoms with Crippen molar-refractivity contribution in [1.82, 2.24) is 10.3 Å². The van der Waals surface area contributed by atoms with Crippen molar-refractivity contribution < 1.29 is 0 Å². The van der Waals surface area contributed by atoms with Gasteiger partial charge in [-0.25, -0.2) is 4.98 Å². The molecule has 2 aromatic carbocycles. The number of para-hydroxylation sites is 1. The molecular formula is C18H20N2S. The second-order valence-corrected chi connectivity index (χ2v) is 6.40. The molecule has 1 heterocycles. The fraction of sp³-hybridized carbons (Fsp3) is 0.278. The smallest absolute Gasteiger partial charge is 0.0939 e. The van der Waals surface area contributed by atoms with Gasteiger partial charge < -0.3 is 5.32 Å². The molecule has 1 aromatic heterocycles. The maximum absolute atomic E-state index is 4.67. The topological polar surface area (TPSA) is 24.9 Å². The lowest BCUT2D eigenvalue weighted by Gasteiger charge is -2.06. The van der Waals surface area contributed by atoms with Gasteiger partial charge in [0.2, 0.25) is 0 Å². The van der Waals surface area contributed by atoms with Gasteiger partial charge in [0.15, 0.2) is 0 Å². The van der Waals surface area contributed by atoms with Crippen molar-refractivity contribution in [2.75, 3.05) is 6.54 Å². The monoisotopic (exact) mass is 296 g/mol. The van der Waals surface area contributed by atoms with Crippen LogP contribution < -0.4 is 5.32 Å². The van der Waals surface area contributed by atoms with Gasteiger partial charge in [-0.05, 0) is 43.1 Å². The fourth-order valence-corrected chi connectivity index (χ4v) is 3.43. The van der Waals surface area contributed by atoms with E-state index in [2.05, 4.69) is 65.8 Å². The number of fused-ring (bicyclic) bond motifs is 1. The maximum Gasteiger partial charge on any atom is 0.0939 e. The van der Waals surface area contributed by atoms with E-state index in [1.807, 2.05) is 11.3 Å². The minimum Gasteiger partial charge on any atom is -0.313 e. The van der Waals surface area contributed by atoms with Crippen LogP contribution in [-0.4, -0.2) is 11.5 Å². The minimum absolute atomic E-state index is 0.951. The third kappa shape index (κ3) is 3.69. The van der Waals surface area contributed by atoms with E-state index < -0.39 is 0 Å². The SMILES string of the molecule is Cc1ccccc1CNCCCc1nc2ccccc2s1. The Hall–Kier alpha value is -1.71. The molecule has 0 bridgehead atoms. The van der Waals surface area contributed by atoms with E-state index in [1.165, 1.54) is 20.8 Å². The quantitative estimate of drug-likeness (QED) is 0.685. The van der Waals surface area contributed by atoms with Crippen LogP contribution in [0.4, 0.5) is 0 Å². The molecule has 0 saturated carbocycles. The molecule has 0 spiro atoms. The Morgan fingerprint density at radius 3 is 2.71 bits per heavy atom. The summed E-state index contributed by atoms with van der Waals surface area (Å²) in [7, 11) is 0. The van der Waals surface area contributed by atoms with Crippen LogP contribution in [0.2, 0.25) is 0 Å². The number of aryl methyl sites for hydroxylation is 2. The number of benzene rings is 2. The van der Waals surface area contributed by atoms with Crippen LogP contribution in [0.1, 0.15) is 22.6 Å². The molecule has 0 aliphatic rings. The van der Waals surface area contributed by atoms with E-state index in [1.54, 1.807) is 0 Å². The van der Waals surface area contributed by atoms with Crippen molar-refractivity contribution in [2.24, 2.45) is 0 Å². The zero-order valence-electron chi connectivity index (χ0n) is 12.3. The Balaban J connectivity index is 1.45. The van der Waals surface area contributed by atoms with Gasteiger partial charge in [0, 0.05) is 13.0 Å². The van der Waals surface area contributed by atoms with E-state index in [0.29, 0.717) is 0 Å². The Kier molecular flexibility index (Phi) is 4.63. The predicted molar refractivity (Wildman–Crippen MR) is 90.8 cm³/mol. The Labute approximate surface area is 129 Å². The number of nitrogens with zero attached hydrogens (tertiary/aromatic N) is 1. The highest BCUT2D eigenvalue weighted by atomic mass is 32.1. The third-order valence-corrected chi connectivity index (χ3v) is 4.76. The third-order valence-electron chi connectivity index (χ3n) is 3.66. The molecule has 0 aliphatic carbocycles. The average molecular weight is 296 g/mol. The van der Waals surface area contributed by atoms with Gasteiger partial charge in [-0.15, -0.1) is 11.3 Å². The molecule has 1 N–H and O–H groups in total. The van der Waals surface area contributed by atoms with Crippen molar-refractivity contribution >= 4 is 21.6 Å². The molecule has 108 valence electrons. The lowest BCUT2D eigenvalue weighted by atomic mass is 10.1. The highest BCUT2D eigenvalue weighted by molar-refractivity contribution is 7.18. The van der Waals surface area contributed by atoms with E-state index in [0.717, 1.165) is 31.4 Å². The van der Waals surface area contributed by atoms with Crippen molar-refractivity contribution in [3.05, 3.63) is 64.7 Å². The molecule has 0 radical (unpaired) electrons. The summed E-state index contributed by atoms with van der Waals surface area (Å²) in [5, 5.41) is 4.77. The number of hydrogen-bond donors (Lipinski definition) is 1. The Morgan fingerprint density at radius 2 is 1.86 bits per heavy atom. The number of aromatic nitrogens is 1. The largest absolute Gasteiger partial charge is 0.313 e. The molecule has 21 heavy (non-hydrogen) atoms. The summed E-state index contributed by atoms with van der Waals surface area (Å²) in [4.78, 5) is 4.67. The fourth-order valence-electron chi connectivity index (χ4n) is 2.42. The summed E-state index contributed by atoms with van der Waals surface area (Å²) >= 11 is 1.82. The van der Waals surface area contributed by atoms with E-state index >= 15 is 0 Å². The van der Waals surface area contributed by atoms with Gasteiger partial charge in [0.25, 0.3) is 0 Å². The summed E-state index contributed by atoms with van der Waals surface area (Å²) in [6.45, 7) is 4.15. The van der Waals surface area contributed by atoms with Gasteiger partial charge >= 0.3 is 0 Å². The molecule has 3 rings (SSSR count). The molecule has 2 nitrogen and oxygen atoms in total. The van der Waals surface area contributed by atoms with Crippen LogP contribution >= 0.6 is 11.3 Å². The Bertz CT molecular complexity index is 685. The zero-order chi connectivity index (χ0) is 14.5. The van der Waals surface area contributed by atoms with Crippen molar-refractivity contribution in [3.8, 4) is 0 Å². The summed E-state index contributed by atoms with van der Waals surface area (Å²) in [5.74, 6) is 0. The molecule has 3 aromatic rings. The van der Waals surface area contributed by atoms with Gasteiger partial charge in [-0.3, -0.25) is 0 Å². The molecule has 0 saturated heterocycles. The average Bonchev–Trinajstić information content (AvgIpc) is 2.91. The van der Waals surface area contributed by atoms with Crippen LogP contribution in [0.5, 0.6) is 0 Å². The highest BCUT2D eigenvalue weighted by Gasteiger charge is 2.02. The van der Waals surface area contributed by atoms with Crippen molar-refractivity contribution in [3.63, 3.8) is 0 Å². The van der Waals surface area contributed by atoms with Crippen LogP contribution in [-0.2, 0) is 13.0 Å². The summed E-state index contributed by atoms with van der Waals surface area (Å²) in [6.07, 6.45) is 2.19. The number of hydrogen-bond acceptors (Lipinski definition) is 3. The van der Waals surface area contributed by atoms with E-state index in [9.17, 15) is 0 Å². The molecule has 0 fully saturated rings. The number of nitrogens with one attached hydrogen (secondary N) is 1. The first-order valence-corrected chi connectivity index (χ1v) is 8.24. The summed E-state index contributed by atoms with van der Waals surface area (Å²) in [6, 6.07) is 16.9. The lowest BCUT2D eigenvalue weighted by molar-refractivity contribution is 0.647. The highest BCUT2D eigenvalue weighted by Crippen LogP contribution is 2.22. The molecule has 0 unspecified atom stereocenters. The lowest BCUT2D eigenvalue weighted by Crippen LogP contribution is -2.15. The van der Waals surface area contributed by atoms with Crippen LogP contribution in [0, 0.1) is 6.92 Å².